The van der Waals surface area contributed by atoms with Gasteiger partial charge in [-0.1, -0.05) is 44.4 Å². The highest BCUT2D eigenvalue weighted by Gasteiger charge is 2.25. The molecule has 1 aliphatic rings. The first-order chi connectivity index (χ1) is 11.6. The Labute approximate surface area is 142 Å². The average molecular weight is 326 g/mol. The van der Waals surface area contributed by atoms with E-state index in [-0.39, 0.29) is 17.5 Å². The van der Waals surface area contributed by atoms with E-state index in [9.17, 15) is 9.59 Å². The van der Waals surface area contributed by atoms with Crippen molar-refractivity contribution < 1.29 is 4.79 Å². The van der Waals surface area contributed by atoms with Gasteiger partial charge in [-0.2, -0.15) is 0 Å². The Kier molecular flexibility index (Phi) is 5.03. The fourth-order valence-corrected chi connectivity index (χ4v) is 3.75. The summed E-state index contributed by atoms with van der Waals surface area (Å²) < 4.78 is 0. The number of aromatic amines is 1. The number of carbonyl (C=O) groups is 1. The number of pyridine rings is 1. The third kappa shape index (κ3) is 3.37. The van der Waals surface area contributed by atoms with E-state index in [2.05, 4.69) is 4.98 Å². The van der Waals surface area contributed by atoms with Crippen LogP contribution in [0.2, 0.25) is 0 Å². The maximum Gasteiger partial charge on any atom is 0.253 e. The fourth-order valence-electron chi connectivity index (χ4n) is 3.75. The lowest BCUT2D eigenvalue weighted by atomic mass is 9.93. The van der Waals surface area contributed by atoms with Gasteiger partial charge in [0.2, 0.25) is 5.91 Å². The molecular formula is C20H26N2O2. The standard InChI is InChI=1S/C20H26N2O2/c1-3-18(23)22(17-10-5-4-6-11-17)13-16-12-15-9-7-8-14(2)19(15)21-20(16)24/h7-9,12,17H,3-6,10-11,13H2,1-2H3,(H,21,24). The molecule has 128 valence electrons. The molecule has 0 saturated heterocycles. The smallest absolute Gasteiger partial charge is 0.253 e. The maximum atomic E-state index is 12.5. The van der Waals surface area contributed by atoms with Crippen LogP contribution in [0.3, 0.4) is 0 Å². The summed E-state index contributed by atoms with van der Waals surface area (Å²) in [5.41, 5.74) is 2.55. The van der Waals surface area contributed by atoms with Crippen molar-refractivity contribution in [2.45, 2.75) is 65.0 Å². The number of hydrogen-bond donors (Lipinski definition) is 1. The number of fused-ring (bicyclic) bond motifs is 1. The van der Waals surface area contributed by atoms with Gasteiger partial charge in [0, 0.05) is 18.0 Å². The lowest BCUT2D eigenvalue weighted by molar-refractivity contribution is -0.134. The molecule has 1 amide bonds. The van der Waals surface area contributed by atoms with Crippen molar-refractivity contribution in [3.8, 4) is 0 Å². The van der Waals surface area contributed by atoms with Crippen LogP contribution in [0.15, 0.2) is 29.1 Å². The van der Waals surface area contributed by atoms with Gasteiger partial charge in [0.15, 0.2) is 0 Å². The largest absolute Gasteiger partial charge is 0.335 e. The van der Waals surface area contributed by atoms with Crippen molar-refractivity contribution in [2.24, 2.45) is 0 Å². The molecule has 0 radical (unpaired) electrons. The highest BCUT2D eigenvalue weighted by atomic mass is 16.2. The molecule has 1 aromatic carbocycles. The van der Waals surface area contributed by atoms with Gasteiger partial charge >= 0.3 is 0 Å². The zero-order chi connectivity index (χ0) is 17.1. The van der Waals surface area contributed by atoms with Crippen molar-refractivity contribution in [2.75, 3.05) is 0 Å². The number of H-pyrrole nitrogens is 1. The van der Waals surface area contributed by atoms with Crippen LogP contribution in [0.1, 0.15) is 56.6 Å². The molecule has 0 unspecified atom stereocenters. The van der Waals surface area contributed by atoms with Crippen molar-refractivity contribution in [3.05, 3.63) is 45.7 Å². The van der Waals surface area contributed by atoms with Gasteiger partial charge in [-0.3, -0.25) is 9.59 Å². The Bertz CT molecular complexity index is 788. The predicted octanol–water partition coefficient (Wildman–Crippen LogP) is 3.91. The van der Waals surface area contributed by atoms with E-state index in [1.807, 2.05) is 43.0 Å². The quantitative estimate of drug-likeness (QED) is 0.926. The second kappa shape index (κ2) is 7.20. The Morgan fingerprint density at radius 1 is 1.25 bits per heavy atom. The minimum absolute atomic E-state index is 0.0819. The molecule has 0 aliphatic heterocycles. The van der Waals surface area contributed by atoms with E-state index in [1.165, 1.54) is 19.3 Å². The van der Waals surface area contributed by atoms with E-state index in [4.69, 9.17) is 0 Å². The monoisotopic (exact) mass is 326 g/mol. The van der Waals surface area contributed by atoms with Crippen LogP contribution >= 0.6 is 0 Å². The molecule has 0 bridgehead atoms. The topological polar surface area (TPSA) is 53.2 Å². The number of para-hydroxylation sites is 1. The van der Waals surface area contributed by atoms with Crippen LogP contribution in [-0.2, 0) is 11.3 Å². The van der Waals surface area contributed by atoms with E-state index in [1.54, 1.807) is 0 Å². The maximum absolute atomic E-state index is 12.5. The van der Waals surface area contributed by atoms with E-state index < -0.39 is 0 Å². The molecular weight excluding hydrogens is 300 g/mol. The third-order valence-electron chi connectivity index (χ3n) is 5.14. The van der Waals surface area contributed by atoms with Gasteiger partial charge in [-0.15, -0.1) is 0 Å². The number of benzene rings is 1. The van der Waals surface area contributed by atoms with E-state index in [0.717, 1.165) is 29.3 Å². The summed E-state index contributed by atoms with van der Waals surface area (Å²) in [5, 5.41) is 1.03. The fraction of sp³-hybridized carbons (Fsp3) is 0.500. The molecule has 4 nitrogen and oxygen atoms in total. The van der Waals surface area contributed by atoms with E-state index >= 15 is 0 Å². The average Bonchev–Trinajstić information content (AvgIpc) is 2.61. The highest BCUT2D eigenvalue weighted by Crippen LogP contribution is 2.25. The van der Waals surface area contributed by atoms with Crippen molar-refractivity contribution in [1.29, 1.82) is 0 Å². The van der Waals surface area contributed by atoms with Gasteiger partial charge in [-0.25, -0.2) is 0 Å². The van der Waals surface area contributed by atoms with Gasteiger partial charge in [0.05, 0.1) is 12.1 Å². The number of amides is 1. The number of hydrogen-bond acceptors (Lipinski definition) is 2. The molecule has 2 aromatic rings. The van der Waals surface area contributed by atoms with Gasteiger partial charge in [0.1, 0.15) is 0 Å². The Balaban J connectivity index is 1.94. The molecule has 1 aliphatic carbocycles. The van der Waals surface area contributed by atoms with Crippen LogP contribution in [0.4, 0.5) is 0 Å². The number of aromatic nitrogens is 1. The Morgan fingerprint density at radius 2 is 2.00 bits per heavy atom. The lowest BCUT2D eigenvalue weighted by Gasteiger charge is -2.34. The summed E-state index contributed by atoms with van der Waals surface area (Å²) in [6.45, 7) is 4.30. The predicted molar refractivity (Wildman–Crippen MR) is 97.0 cm³/mol. The van der Waals surface area contributed by atoms with Gasteiger partial charge < -0.3 is 9.88 Å². The normalized spacial score (nSPS) is 15.6. The highest BCUT2D eigenvalue weighted by molar-refractivity contribution is 5.82. The van der Waals surface area contributed by atoms with Crippen LogP contribution < -0.4 is 5.56 Å². The summed E-state index contributed by atoms with van der Waals surface area (Å²) in [5.74, 6) is 0.144. The van der Waals surface area contributed by atoms with Crippen LogP contribution in [0, 0.1) is 6.92 Å². The molecule has 3 rings (SSSR count). The Hall–Kier alpha value is -2.10. The molecule has 1 aromatic heterocycles. The summed E-state index contributed by atoms with van der Waals surface area (Å²) in [4.78, 5) is 29.9. The first-order valence-electron chi connectivity index (χ1n) is 9.01. The SMILES string of the molecule is CCC(=O)N(Cc1cc2cccc(C)c2[nH]c1=O)C1CCCCC1. The lowest BCUT2D eigenvalue weighted by Crippen LogP contribution is -2.41. The van der Waals surface area contributed by atoms with Crippen molar-refractivity contribution >= 4 is 16.8 Å². The minimum Gasteiger partial charge on any atom is -0.335 e. The zero-order valence-corrected chi connectivity index (χ0v) is 14.6. The summed E-state index contributed by atoms with van der Waals surface area (Å²) in [6, 6.07) is 8.22. The van der Waals surface area contributed by atoms with Gasteiger partial charge in [-0.05, 0) is 36.8 Å². The number of carbonyl (C=O) groups excluding carboxylic acids is 1. The first kappa shape index (κ1) is 16.7. The van der Waals surface area contributed by atoms with Crippen molar-refractivity contribution in [3.63, 3.8) is 0 Å². The van der Waals surface area contributed by atoms with E-state index in [0.29, 0.717) is 18.5 Å². The molecule has 1 heterocycles. The van der Waals surface area contributed by atoms with Crippen LogP contribution in [0.5, 0.6) is 0 Å². The van der Waals surface area contributed by atoms with Gasteiger partial charge in [0.25, 0.3) is 5.56 Å². The second-order valence-corrected chi connectivity index (χ2v) is 6.83. The van der Waals surface area contributed by atoms with Crippen LogP contribution in [-0.4, -0.2) is 21.8 Å². The molecule has 1 fully saturated rings. The molecule has 1 N–H and O–H groups in total. The number of nitrogens with zero attached hydrogens (tertiary/aromatic N) is 1. The number of aryl methyl sites for hydroxylation is 1. The zero-order valence-electron chi connectivity index (χ0n) is 14.6. The summed E-state index contributed by atoms with van der Waals surface area (Å²) in [6.07, 6.45) is 6.19. The number of nitrogens with one attached hydrogen (secondary N) is 1. The van der Waals surface area contributed by atoms with Crippen molar-refractivity contribution in [1.82, 2.24) is 9.88 Å². The minimum atomic E-state index is -0.0819. The molecule has 24 heavy (non-hydrogen) atoms. The molecule has 4 heteroatoms. The second-order valence-electron chi connectivity index (χ2n) is 6.83. The summed E-state index contributed by atoms with van der Waals surface area (Å²) in [7, 11) is 0. The summed E-state index contributed by atoms with van der Waals surface area (Å²) >= 11 is 0. The Morgan fingerprint density at radius 3 is 2.71 bits per heavy atom. The third-order valence-corrected chi connectivity index (χ3v) is 5.14. The molecule has 1 saturated carbocycles. The number of rotatable bonds is 4. The first-order valence-corrected chi connectivity index (χ1v) is 9.01. The molecule has 0 spiro atoms. The molecule has 0 atom stereocenters. The van der Waals surface area contributed by atoms with Crippen LogP contribution in [0.25, 0.3) is 10.9 Å².